The van der Waals surface area contributed by atoms with Gasteiger partial charge >= 0.3 is 0 Å². The molecule has 0 amide bonds. The lowest BCUT2D eigenvalue weighted by molar-refractivity contribution is 0.0899. The zero-order chi connectivity index (χ0) is 17.2. The Morgan fingerprint density at radius 2 is 2.17 bits per heavy atom. The number of hydrogen-bond acceptors (Lipinski definition) is 3. The van der Waals surface area contributed by atoms with Gasteiger partial charge in [0, 0.05) is 49.8 Å². The van der Waals surface area contributed by atoms with Crippen LogP contribution in [0.15, 0.2) is 30.9 Å². The van der Waals surface area contributed by atoms with E-state index in [9.17, 15) is 0 Å². The minimum absolute atomic E-state index is 0.475. The fourth-order valence-corrected chi connectivity index (χ4v) is 3.31. The van der Waals surface area contributed by atoms with Gasteiger partial charge < -0.3 is 9.30 Å². The van der Waals surface area contributed by atoms with E-state index < -0.39 is 8.07 Å². The van der Waals surface area contributed by atoms with Crippen LogP contribution in [-0.2, 0) is 11.5 Å². The third kappa shape index (κ3) is 3.40. The standard InChI is InChI=1S/C17H21N5OSi/c1-18-15-11-19-17-14(16(15)13-9-20-21-10-13)5-6-22(17)12-23-7-8-24(2,3)4/h5-6,9-11H,7-8,12H2,2-4H3,(H,20,21). The van der Waals surface area contributed by atoms with Crippen LogP contribution in [-0.4, -0.2) is 34.4 Å². The lowest BCUT2D eigenvalue weighted by Gasteiger charge is -2.15. The van der Waals surface area contributed by atoms with Crippen LogP contribution in [0.25, 0.3) is 27.0 Å². The first-order chi connectivity index (χ1) is 11.5. The van der Waals surface area contributed by atoms with E-state index in [2.05, 4.69) is 39.7 Å². The molecule has 3 rings (SSSR count). The zero-order valence-electron chi connectivity index (χ0n) is 14.2. The summed E-state index contributed by atoms with van der Waals surface area (Å²) in [5.41, 5.74) is 3.11. The fourth-order valence-electron chi connectivity index (χ4n) is 2.55. The van der Waals surface area contributed by atoms with Crippen molar-refractivity contribution in [3.63, 3.8) is 0 Å². The second-order valence-electron chi connectivity index (χ2n) is 6.99. The van der Waals surface area contributed by atoms with Gasteiger partial charge in [0.2, 0.25) is 5.69 Å². The minimum atomic E-state index is -1.08. The summed E-state index contributed by atoms with van der Waals surface area (Å²) in [5.74, 6) is 0. The molecule has 0 aromatic carbocycles. The quantitative estimate of drug-likeness (QED) is 0.414. The van der Waals surface area contributed by atoms with Crippen LogP contribution in [0.1, 0.15) is 0 Å². The highest BCUT2D eigenvalue weighted by molar-refractivity contribution is 6.76. The van der Waals surface area contributed by atoms with Crippen LogP contribution in [0.4, 0.5) is 5.69 Å². The highest BCUT2D eigenvalue weighted by Gasteiger charge is 2.15. The van der Waals surface area contributed by atoms with E-state index in [-0.39, 0.29) is 0 Å². The van der Waals surface area contributed by atoms with E-state index in [0.717, 1.165) is 34.8 Å². The van der Waals surface area contributed by atoms with Gasteiger partial charge in [-0.2, -0.15) is 5.10 Å². The summed E-state index contributed by atoms with van der Waals surface area (Å²) in [7, 11) is -1.08. The molecule has 0 spiro atoms. The van der Waals surface area contributed by atoms with Crippen molar-refractivity contribution in [3.8, 4) is 11.1 Å². The Hall–Kier alpha value is -2.43. The molecule has 0 atom stereocenters. The van der Waals surface area contributed by atoms with Crippen molar-refractivity contribution < 1.29 is 4.74 Å². The smallest absolute Gasteiger partial charge is 0.213 e. The Labute approximate surface area is 142 Å². The Morgan fingerprint density at radius 3 is 2.83 bits per heavy atom. The summed E-state index contributed by atoms with van der Waals surface area (Å²) < 4.78 is 7.81. The number of hydrogen-bond donors (Lipinski definition) is 1. The molecule has 6 nitrogen and oxygen atoms in total. The van der Waals surface area contributed by atoms with Crippen LogP contribution in [0.2, 0.25) is 25.7 Å². The van der Waals surface area contributed by atoms with E-state index in [1.807, 2.05) is 16.8 Å². The molecule has 3 aromatic heterocycles. The number of pyridine rings is 1. The van der Waals surface area contributed by atoms with Crippen LogP contribution >= 0.6 is 0 Å². The molecular formula is C17H21N5OSi. The van der Waals surface area contributed by atoms with Gasteiger partial charge in [-0.05, 0) is 12.1 Å². The van der Waals surface area contributed by atoms with E-state index in [4.69, 9.17) is 11.3 Å². The summed E-state index contributed by atoms with van der Waals surface area (Å²) >= 11 is 0. The maximum absolute atomic E-state index is 7.39. The first kappa shape index (κ1) is 16.4. The molecule has 1 N–H and O–H groups in total. The number of nitrogens with zero attached hydrogens (tertiary/aromatic N) is 4. The second-order valence-corrected chi connectivity index (χ2v) is 12.6. The Bertz CT molecular complexity index is 871. The number of rotatable bonds is 6. The Balaban J connectivity index is 1.88. The van der Waals surface area contributed by atoms with E-state index in [1.165, 1.54) is 0 Å². The molecule has 0 aliphatic carbocycles. The van der Waals surface area contributed by atoms with Gasteiger partial charge in [-0.15, -0.1) is 0 Å². The number of aromatic nitrogens is 4. The third-order valence-corrected chi connectivity index (χ3v) is 5.61. The summed E-state index contributed by atoms with van der Waals surface area (Å²) in [5, 5.41) is 7.74. The lowest BCUT2D eigenvalue weighted by atomic mass is 10.1. The summed E-state index contributed by atoms with van der Waals surface area (Å²) in [6.45, 7) is 15.7. The fraction of sp³-hybridized carbons (Fsp3) is 0.353. The van der Waals surface area contributed by atoms with Gasteiger partial charge in [0.05, 0.1) is 12.8 Å². The van der Waals surface area contributed by atoms with Crippen molar-refractivity contribution in [2.45, 2.75) is 32.4 Å². The first-order valence-corrected chi connectivity index (χ1v) is 11.6. The molecule has 0 unspecified atom stereocenters. The van der Waals surface area contributed by atoms with Gasteiger partial charge in [-0.1, -0.05) is 19.6 Å². The first-order valence-electron chi connectivity index (χ1n) is 7.92. The number of nitrogens with one attached hydrogen (secondary N) is 1. The molecule has 0 fully saturated rings. The van der Waals surface area contributed by atoms with Crippen LogP contribution in [0, 0.1) is 6.57 Å². The normalized spacial score (nSPS) is 11.8. The number of aromatic amines is 1. The SMILES string of the molecule is [C-]#[N+]c1cnc2c(ccn2COCC[Si](C)(C)C)c1-c1cn[nH]c1. The van der Waals surface area contributed by atoms with Gasteiger partial charge in [0.25, 0.3) is 0 Å². The van der Waals surface area contributed by atoms with Gasteiger partial charge in [0.1, 0.15) is 12.4 Å². The number of H-pyrrole nitrogens is 1. The number of ether oxygens (including phenoxy) is 1. The monoisotopic (exact) mass is 339 g/mol. The molecule has 0 bridgehead atoms. The maximum atomic E-state index is 7.39. The topological polar surface area (TPSA) is 60.1 Å². The number of fused-ring (bicyclic) bond motifs is 1. The lowest BCUT2D eigenvalue weighted by Crippen LogP contribution is -2.22. The highest BCUT2D eigenvalue weighted by Crippen LogP contribution is 2.36. The zero-order valence-corrected chi connectivity index (χ0v) is 15.2. The molecule has 3 heterocycles. The highest BCUT2D eigenvalue weighted by atomic mass is 28.3. The van der Waals surface area contributed by atoms with Crippen LogP contribution < -0.4 is 0 Å². The van der Waals surface area contributed by atoms with Crippen molar-refractivity contribution in [1.82, 2.24) is 19.7 Å². The Kier molecular flexibility index (Phi) is 4.51. The van der Waals surface area contributed by atoms with Crippen molar-refractivity contribution in [3.05, 3.63) is 42.3 Å². The van der Waals surface area contributed by atoms with Crippen LogP contribution in [0.3, 0.4) is 0 Å². The molecule has 0 radical (unpaired) electrons. The summed E-state index contributed by atoms with van der Waals surface area (Å²) in [6, 6.07) is 3.13. The molecule has 0 aliphatic heterocycles. The molecule has 0 aliphatic rings. The molecule has 0 saturated heterocycles. The third-order valence-electron chi connectivity index (χ3n) is 3.90. The summed E-state index contributed by atoms with van der Waals surface area (Å²) in [4.78, 5) is 8.06. The summed E-state index contributed by atoms with van der Waals surface area (Å²) in [6.07, 6.45) is 7.11. The molecular weight excluding hydrogens is 318 g/mol. The van der Waals surface area contributed by atoms with Crippen molar-refractivity contribution in [1.29, 1.82) is 0 Å². The Morgan fingerprint density at radius 1 is 1.33 bits per heavy atom. The molecule has 24 heavy (non-hydrogen) atoms. The van der Waals surface area contributed by atoms with Gasteiger partial charge in [-0.3, -0.25) is 5.10 Å². The average Bonchev–Trinajstić information content (AvgIpc) is 3.19. The molecule has 124 valence electrons. The maximum Gasteiger partial charge on any atom is 0.213 e. The van der Waals surface area contributed by atoms with Gasteiger partial charge in [-0.25, -0.2) is 9.83 Å². The molecule has 3 aromatic rings. The minimum Gasteiger partial charge on any atom is -0.361 e. The van der Waals surface area contributed by atoms with Gasteiger partial charge in [0.15, 0.2) is 0 Å². The van der Waals surface area contributed by atoms with Crippen molar-refractivity contribution >= 4 is 24.8 Å². The average molecular weight is 339 g/mol. The largest absolute Gasteiger partial charge is 0.361 e. The predicted molar refractivity (Wildman–Crippen MR) is 97.7 cm³/mol. The van der Waals surface area contributed by atoms with E-state index in [1.54, 1.807) is 18.6 Å². The van der Waals surface area contributed by atoms with Crippen molar-refractivity contribution in [2.75, 3.05) is 6.61 Å². The molecule has 7 heteroatoms. The van der Waals surface area contributed by atoms with E-state index in [0.29, 0.717) is 12.4 Å². The second kappa shape index (κ2) is 6.59. The predicted octanol–water partition coefficient (Wildman–Crippen LogP) is 4.29. The van der Waals surface area contributed by atoms with Crippen molar-refractivity contribution in [2.24, 2.45) is 0 Å². The molecule has 0 saturated carbocycles. The van der Waals surface area contributed by atoms with E-state index >= 15 is 0 Å². The van der Waals surface area contributed by atoms with Crippen LogP contribution in [0.5, 0.6) is 0 Å².